The first kappa shape index (κ1) is 23.4. The van der Waals surface area contributed by atoms with Crippen LogP contribution in [0.5, 0.6) is 5.75 Å². The highest BCUT2D eigenvalue weighted by molar-refractivity contribution is 5.98. The number of nitrogen functional groups attached to an aromatic ring is 1. The second-order valence-corrected chi connectivity index (χ2v) is 9.08. The highest BCUT2D eigenvalue weighted by atomic mass is 19.1. The number of phenols is 1. The van der Waals surface area contributed by atoms with Crippen molar-refractivity contribution in [2.75, 3.05) is 5.73 Å². The number of anilines is 1. The molecule has 8 nitrogen and oxygen atoms in total. The van der Waals surface area contributed by atoms with Gasteiger partial charge in [-0.1, -0.05) is 60.7 Å². The first-order chi connectivity index (χ1) is 18.5. The maximum absolute atomic E-state index is 14.2. The van der Waals surface area contributed by atoms with Crippen molar-refractivity contribution >= 4 is 16.9 Å². The Kier molecular flexibility index (Phi) is 5.80. The van der Waals surface area contributed by atoms with Crippen LogP contribution in [0.4, 0.5) is 10.2 Å². The van der Waals surface area contributed by atoms with Crippen LogP contribution in [0.15, 0.2) is 85.2 Å². The van der Waals surface area contributed by atoms with Gasteiger partial charge in [0.15, 0.2) is 5.65 Å². The molecule has 3 N–H and O–H groups in total. The Morgan fingerprint density at radius 3 is 2.32 bits per heavy atom. The van der Waals surface area contributed by atoms with Crippen molar-refractivity contribution in [3.8, 4) is 28.3 Å². The van der Waals surface area contributed by atoms with Crippen LogP contribution in [0.1, 0.15) is 16.8 Å². The molecular weight excluding hydrogens is 481 g/mol. The Balaban J connectivity index is 1.52. The Morgan fingerprint density at radius 2 is 1.58 bits per heavy atom. The van der Waals surface area contributed by atoms with Crippen LogP contribution in [0.25, 0.3) is 33.5 Å². The first-order valence-electron chi connectivity index (χ1n) is 12.1. The summed E-state index contributed by atoms with van der Waals surface area (Å²) in [5.74, 6) is -0.565. The van der Waals surface area contributed by atoms with Crippen LogP contribution in [0.2, 0.25) is 0 Å². The highest BCUT2D eigenvalue weighted by Crippen LogP contribution is 2.34. The lowest BCUT2D eigenvalue weighted by Crippen LogP contribution is -2.07. The molecule has 0 aliphatic heterocycles. The van der Waals surface area contributed by atoms with E-state index in [-0.39, 0.29) is 11.6 Å². The number of phenolic OH excluding ortho intramolecular Hbond substituents is 1. The third-order valence-corrected chi connectivity index (χ3v) is 6.50. The van der Waals surface area contributed by atoms with Gasteiger partial charge in [0.2, 0.25) is 0 Å². The highest BCUT2D eigenvalue weighted by Gasteiger charge is 2.22. The van der Waals surface area contributed by atoms with Gasteiger partial charge >= 0.3 is 0 Å². The van der Waals surface area contributed by atoms with E-state index in [1.165, 1.54) is 18.5 Å². The molecule has 0 saturated carbocycles. The molecule has 0 atom stereocenters. The van der Waals surface area contributed by atoms with Crippen LogP contribution in [-0.4, -0.2) is 34.6 Å². The standard InChI is InChI=1S/C29H24FN7O/c1-18-24(27(20-10-6-3-7-11-20)36(34-18)15-19-8-4-2-5-9-19)16-37-29-25(28(31)32-17-33-29)26(35-37)21-12-22(30)14-23(38)13-21/h2-14,17,38H,15-16H2,1H3,(H2,31,32,33). The fourth-order valence-corrected chi connectivity index (χ4v) is 4.80. The second kappa shape index (κ2) is 9.44. The molecule has 0 fully saturated rings. The zero-order chi connectivity index (χ0) is 26.2. The molecule has 3 aromatic heterocycles. The third-order valence-electron chi connectivity index (χ3n) is 6.50. The van der Waals surface area contributed by atoms with E-state index in [9.17, 15) is 9.50 Å². The lowest BCUT2D eigenvalue weighted by Gasteiger charge is -2.11. The molecule has 0 spiro atoms. The van der Waals surface area contributed by atoms with E-state index in [1.54, 1.807) is 4.68 Å². The van der Waals surface area contributed by atoms with Gasteiger partial charge in [-0.25, -0.2) is 19.0 Å². The smallest absolute Gasteiger partial charge is 0.164 e. The molecule has 0 saturated heterocycles. The zero-order valence-electron chi connectivity index (χ0n) is 20.6. The summed E-state index contributed by atoms with van der Waals surface area (Å²) in [4.78, 5) is 8.59. The number of nitrogens with two attached hydrogens (primary N) is 1. The molecule has 6 rings (SSSR count). The SMILES string of the molecule is Cc1nn(Cc2ccccc2)c(-c2ccccc2)c1Cn1nc(-c2cc(O)cc(F)c2)c2c(N)ncnc21. The van der Waals surface area contributed by atoms with Gasteiger partial charge in [0.25, 0.3) is 0 Å². The van der Waals surface area contributed by atoms with E-state index < -0.39 is 5.82 Å². The summed E-state index contributed by atoms with van der Waals surface area (Å²) >= 11 is 0. The number of aromatic nitrogens is 6. The third kappa shape index (κ3) is 4.24. The van der Waals surface area contributed by atoms with Crippen molar-refractivity contribution in [3.05, 3.63) is 108 Å². The van der Waals surface area contributed by atoms with Crippen molar-refractivity contribution in [3.63, 3.8) is 0 Å². The van der Waals surface area contributed by atoms with E-state index in [1.807, 2.05) is 48.0 Å². The number of rotatable bonds is 6. The molecule has 0 amide bonds. The van der Waals surface area contributed by atoms with Crippen LogP contribution in [-0.2, 0) is 13.1 Å². The molecule has 38 heavy (non-hydrogen) atoms. The number of aryl methyl sites for hydroxylation is 1. The van der Waals surface area contributed by atoms with Gasteiger partial charge in [0, 0.05) is 22.8 Å². The lowest BCUT2D eigenvalue weighted by atomic mass is 10.1. The van der Waals surface area contributed by atoms with Crippen molar-refractivity contribution < 1.29 is 9.50 Å². The normalized spacial score (nSPS) is 11.3. The predicted octanol–water partition coefficient (Wildman–Crippen LogP) is 5.19. The Bertz CT molecular complexity index is 1740. The van der Waals surface area contributed by atoms with Gasteiger partial charge in [0.05, 0.1) is 29.9 Å². The number of fused-ring (bicyclic) bond motifs is 1. The number of benzene rings is 3. The van der Waals surface area contributed by atoms with Crippen molar-refractivity contribution in [2.24, 2.45) is 0 Å². The average Bonchev–Trinajstić information content (AvgIpc) is 3.43. The van der Waals surface area contributed by atoms with Crippen LogP contribution in [0.3, 0.4) is 0 Å². The summed E-state index contributed by atoms with van der Waals surface area (Å²) in [5.41, 5.74) is 12.5. The van der Waals surface area contributed by atoms with Gasteiger partial charge in [-0.05, 0) is 24.6 Å². The topological polar surface area (TPSA) is 108 Å². The maximum atomic E-state index is 14.2. The number of hydrogen-bond donors (Lipinski definition) is 2. The summed E-state index contributed by atoms with van der Waals surface area (Å²) in [6.07, 6.45) is 1.38. The zero-order valence-corrected chi connectivity index (χ0v) is 20.6. The number of aromatic hydroxyl groups is 1. The quantitative estimate of drug-likeness (QED) is 0.323. The fraction of sp³-hybridized carbons (Fsp3) is 0.103. The summed E-state index contributed by atoms with van der Waals surface area (Å²) in [7, 11) is 0. The van der Waals surface area contributed by atoms with Crippen molar-refractivity contribution in [1.82, 2.24) is 29.5 Å². The van der Waals surface area contributed by atoms with Crippen molar-refractivity contribution in [1.29, 1.82) is 0 Å². The van der Waals surface area contributed by atoms with Gasteiger partial charge < -0.3 is 10.8 Å². The molecule has 3 heterocycles. The van der Waals surface area contributed by atoms with E-state index in [0.29, 0.717) is 35.4 Å². The van der Waals surface area contributed by atoms with Crippen molar-refractivity contribution in [2.45, 2.75) is 20.0 Å². The van der Waals surface area contributed by atoms with E-state index in [4.69, 9.17) is 15.9 Å². The summed E-state index contributed by atoms with van der Waals surface area (Å²) < 4.78 is 17.9. The van der Waals surface area contributed by atoms with Gasteiger partial charge in [0.1, 0.15) is 29.4 Å². The minimum Gasteiger partial charge on any atom is -0.508 e. The molecule has 0 bridgehead atoms. The summed E-state index contributed by atoms with van der Waals surface area (Å²) in [5, 5.41) is 20.2. The summed E-state index contributed by atoms with van der Waals surface area (Å²) in [6, 6.07) is 24.1. The van der Waals surface area contributed by atoms with Gasteiger partial charge in [-0.3, -0.25) is 4.68 Å². The van der Waals surface area contributed by atoms with E-state index >= 15 is 0 Å². The van der Waals surface area contributed by atoms with E-state index in [2.05, 4.69) is 34.2 Å². The number of halogens is 1. The Labute approximate surface area is 217 Å². The minimum absolute atomic E-state index is 0.206. The molecule has 9 heteroatoms. The molecule has 3 aromatic carbocycles. The van der Waals surface area contributed by atoms with E-state index in [0.717, 1.165) is 34.1 Å². The van der Waals surface area contributed by atoms with Crippen LogP contribution in [0, 0.1) is 12.7 Å². The first-order valence-corrected chi connectivity index (χ1v) is 12.1. The molecule has 0 aliphatic carbocycles. The molecule has 188 valence electrons. The molecule has 0 aliphatic rings. The summed E-state index contributed by atoms with van der Waals surface area (Å²) in [6.45, 7) is 2.93. The largest absolute Gasteiger partial charge is 0.508 e. The fourth-order valence-electron chi connectivity index (χ4n) is 4.80. The number of nitrogens with zero attached hydrogens (tertiary/aromatic N) is 6. The average molecular weight is 506 g/mol. The molecule has 0 radical (unpaired) electrons. The monoisotopic (exact) mass is 505 g/mol. The second-order valence-electron chi connectivity index (χ2n) is 9.08. The number of hydrogen-bond acceptors (Lipinski definition) is 6. The molecule has 6 aromatic rings. The minimum atomic E-state index is -0.581. The Hall–Kier alpha value is -5.05. The van der Waals surface area contributed by atoms with Gasteiger partial charge in [-0.2, -0.15) is 10.2 Å². The van der Waals surface area contributed by atoms with Crippen LogP contribution >= 0.6 is 0 Å². The van der Waals surface area contributed by atoms with Crippen LogP contribution < -0.4 is 5.73 Å². The molecule has 0 unspecified atom stereocenters. The molecular formula is C29H24FN7O. The maximum Gasteiger partial charge on any atom is 0.164 e. The van der Waals surface area contributed by atoms with Gasteiger partial charge in [-0.15, -0.1) is 0 Å². The Morgan fingerprint density at radius 1 is 0.842 bits per heavy atom. The predicted molar refractivity (Wildman–Crippen MR) is 144 cm³/mol. The lowest BCUT2D eigenvalue weighted by molar-refractivity contribution is 0.469.